The highest BCUT2D eigenvalue weighted by Gasteiger charge is 2.29. The molecule has 1 atom stereocenters. The highest BCUT2D eigenvalue weighted by Crippen LogP contribution is 2.28. The molecule has 1 aromatic carbocycles. The predicted molar refractivity (Wildman–Crippen MR) is 97.1 cm³/mol. The van der Waals surface area contributed by atoms with Crippen molar-refractivity contribution < 1.29 is 9.13 Å². The Hall–Kier alpha value is -2.25. The van der Waals surface area contributed by atoms with Crippen LogP contribution < -0.4 is 10.5 Å². The summed E-state index contributed by atoms with van der Waals surface area (Å²) in [7, 11) is 0. The van der Waals surface area contributed by atoms with Crippen LogP contribution in [-0.2, 0) is 11.4 Å². The van der Waals surface area contributed by atoms with Crippen LogP contribution in [0, 0.1) is 19.7 Å². The second-order valence-corrected chi connectivity index (χ2v) is 7.03. The first-order chi connectivity index (χ1) is 12.5. The average molecular weight is 358 g/mol. The number of aryl methyl sites for hydroxylation is 1. The zero-order valence-electron chi connectivity index (χ0n) is 15.1. The summed E-state index contributed by atoms with van der Waals surface area (Å²) in [6.07, 6.45) is 2.32. The predicted octanol–water partition coefficient (Wildman–Crippen LogP) is 2.55. The van der Waals surface area contributed by atoms with Crippen molar-refractivity contribution >= 4 is 11.6 Å². The Morgan fingerprint density at radius 3 is 2.69 bits per heavy atom. The van der Waals surface area contributed by atoms with Crippen LogP contribution in [-0.4, -0.2) is 40.4 Å². The number of rotatable bonds is 3. The zero-order valence-corrected chi connectivity index (χ0v) is 15.1. The molecule has 26 heavy (non-hydrogen) atoms. The van der Waals surface area contributed by atoms with E-state index in [1.807, 2.05) is 11.8 Å². The number of ether oxygens (including phenoxy) is 1. The van der Waals surface area contributed by atoms with E-state index in [0.717, 1.165) is 37.4 Å². The minimum absolute atomic E-state index is 0.0309. The molecule has 0 N–H and O–H groups in total. The summed E-state index contributed by atoms with van der Waals surface area (Å²) in [5.74, 6) is 0.320. The zero-order chi connectivity index (χ0) is 18.3. The lowest BCUT2D eigenvalue weighted by Gasteiger charge is -2.39. The third-order valence-corrected chi connectivity index (χ3v) is 5.17. The lowest BCUT2D eigenvalue weighted by atomic mass is 10.2. The van der Waals surface area contributed by atoms with Crippen LogP contribution >= 0.6 is 0 Å². The van der Waals surface area contributed by atoms with Crippen molar-refractivity contribution in [1.82, 2.24) is 14.5 Å². The molecule has 4 rings (SSSR count). The quantitative estimate of drug-likeness (QED) is 0.844. The Balaban J connectivity index is 1.74. The van der Waals surface area contributed by atoms with Gasteiger partial charge in [0.25, 0.3) is 5.56 Å². The maximum absolute atomic E-state index is 13.4. The molecule has 0 saturated carbocycles. The Labute approximate surface area is 151 Å². The summed E-state index contributed by atoms with van der Waals surface area (Å²) >= 11 is 0. The van der Waals surface area contributed by atoms with Crippen LogP contribution in [0.25, 0.3) is 0 Å². The molecule has 138 valence electrons. The fourth-order valence-corrected chi connectivity index (χ4v) is 3.59. The van der Waals surface area contributed by atoms with Crippen LogP contribution in [0.15, 0.2) is 29.1 Å². The molecule has 1 fully saturated rings. The minimum Gasteiger partial charge on any atom is -0.377 e. The van der Waals surface area contributed by atoms with Crippen molar-refractivity contribution in [2.24, 2.45) is 0 Å². The SMILES string of the molecule is Cc1nc2n(c(=O)c1C)CN(C[C@H]1CCCO1)CN2c1ccc(F)cc1. The number of hydrogen-bond donors (Lipinski definition) is 0. The van der Waals surface area contributed by atoms with E-state index in [2.05, 4.69) is 9.88 Å². The maximum Gasteiger partial charge on any atom is 0.259 e. The van der Waals surface area contributed by atoms with Gasteiger partial charge in [-0.15, -0.1) is 0 Å². The van der Waals surface area contributed by atoms with Gasteiger partial charge in [-0.05, 0) is 51.0 Å². The van der Waals surface area contributed by atoms with E-state index in [1.54, 1.807) is 23.6 Å². The average Bonchev–Trinajstić information content (AvgIpc) is 3.14. The Morgan fingerprint density at radius 2 is 2.00 bits per heavy atom. The second kappa shape index (κ2) is 6.81. The normalized spacial score (nSPS) is 20.4. The third kappa shape index (κ3) is 3.12. The van der Waals surface area contributed by atoms with Gasteiger partial charge >= 0.3 is 0 Å². The molecule has 3 heterocycles. The van der Waals surface area contributed by atoms with Gasteiger partial charge in [-0.3, -0.25) is 19.2 Å². The molecular formula is C19H23FN4O2. The topological polar surface area (TPSA) is 50.6 Å². The smallest absolute Gasteiger partial charge is 0.259 e. The number of anilines is 2. The summed E-state index contributed by atoms with van der Waals surface area (Å²) in [6, 6.07) is 6.29. The summed E-state index contributed by atoms with van der Waals surface area (Å²) in [5.41, 5.74) is 2.16. The Kier molecular flexibility index (Phi) is 4.50. The number of benzene rings is 1. The van der Waals surface area contributed by atoms with Gasteiger partial charge < -0.3 is 4.74 Å². The number of nitrogens with zero attached hydrogens (tertiary/aromatic N) is 4. The lowest BCUT2D eigenvalue weighted by molar-refractivity contribution is 0.0584. The standard InChI is InChI=1S/C19H23FN4O2/c1-13-14(2)21-19-23(16-7-5-15(20)6-8-16)11-22(12-24(19)18(13)25)10-17-4-3-9-26-17/h5-8,17H,3-4,9-12H2,1-2H3/t17-/m1/s1. The van der Waals surface area contributed by atoms with E-state index in [0.29, 0.717) is 24.8 Å². The van der Waals surface area contributed by atoms with Gasteiger partial charge in [-0.2, -0.15) is 0 Å². The largest absolute Gasteiger partial charge is 0.377 e. The summed E-state index contributed by atoms with van der Waals surface area (Å²) in [4.78, 5) is 21.6. The van der Waals surface area contributed by atoms with Crippen LogP contribution in [0.5, 0.6) is 0 Å². The lowest BCUT2D eigenvalue weighted by Crippen LogP contribution is -2.49. The van der Waals surface area contributed by atoms with Crippen molar-refractivity contribution in [3.8, 4) is 0 Å². The Bertz CT molecular complexity index is 859. The number of aromatic nitrogens is 2. The summed E-state index contributed by atoms with van der Waals surface area (Å²) in [6.45, 7) is 6.28. The van der Waals surface area contributed by atoms with Crippen molar-refractivity contribution in [1.29, 1.82) is 0 Å². The van der Waals surface area contributed by atoms with E-state index in [4.69, 9.17) is 4.74 Å². The Morgan fingerprint density at radius 1 is 1.23 bits per heavy atom. The van der Waals surface area contributed by atoms with Crippen molar-refractivity contribution in [2.75, 3.05) is 24.7 Å². The van der Waals surface area contributed by atoms with Gasteiger partial charge in [0.05, 0.1) is 19.4 Å². The third-order valence-electron chi connectivity index (χ3n) is 5.17. The minimum atomic E-state index is -0.285. The van der Waals surface area contributed by atoms with E-state index in [9.17, 15) is 9.18 Å². The van der Waals surface area contributed by atoms with Gasteiger partial charge in [0.15, 0.2) is 0 Å². The van der Waals surface area contributed by atoms with Gasteiger partial charge in [-0.25, -0.2) is 9.37 Å². The fourth-order valence-electron chi connectivity index (χ4n) is 3.59. The van der Waals surface area contributed by atoms with E-state index in [-0.39, 0.29) is 17.5 Å². The first kappa shape index (κ1) is 17.2. The molecule has 6 nitrogen and oxygen atoms in total. The van der Waals surface area contributed by atoms with Crippen LogP contribution in [0.2, 0.25) is 0 Å². The molecule has 0 aliphatic carbocycles. The van der Waals surface area contributed by atoms with Gasteiger partial charge in [0, 0.05) is 30.1 Å². The van der Waals surface area contributed by atoms with Crippen LogP contribution in [0.3, 0.4) is 0 Å². The van der Waals surface area contributed by atoms with Crippen LogP contribution in [0.4, 0.5) is 16.0 Å². The number of fused-ring (bicyclic) bond motifs is 1. The van der Waals surface area contributed by atoms with Gasteiger partial charge in [0.1, 0.15) is 5.82 Å². The van der Waals surface area contributed by atoms with Crippen molar-refractivity contribution in [2.45, 2.75) is 39.5 Å². The number of hydrogen-bond acceptors (Lipinski definition) is 5. The van der Waals surface area contributed by atoms with Crippen molar-refractivity contribution in [3.63, 3.8) is 0 Å². The van der Waals surface area contributed by atoms with E-state index < -0.39 is 0 Å². The van der Waals surface area contributed by atoms with Gasteiger partial charge in [-0.1, -0.05) is 0 Å². The monoisotopic (exact) mass is 358 g/mol. The second-order valence-electron chi connectivity index (χ2n) is 7.03. The molecule has 0 bridgehead atoms. The fraction of sp³-hybridized carbons (Fsp3) is 0.474. The molecule has 1 saturated heterocycles. The highest BCUT2D eigenvalue weighted by atomic mass is 19.1. The highest BCUT2D eigenvalue weighted by molar-refractivity contribution is 5.58. The van der Waals surface area contributed by atoms with E-state index in [1.165, 1.54) is 12.1 Å². The molecule has 0 unspecified atom stereocenters. The molecule has 2 aromatic rings. The molecule has 1 aromatic heterocycles. The van der Waals surface area contributed by atoms with Crippen LogP contribution in [0.1, 0.15) is 24.1 Å². The van der Waals surface area contributed by atoms with Gasteiger partial charge in [0.2, 0.25) is 5.95 Å². The first-order valence-electron chi connectivity index (χ1n) is 8.98. The molecule has 2 aliphatic heterocycles. The maximum atomic E-state index is 13.4. The molecule has 2 aliphatic rings. The molecular weight excluding hydrogens is 335 g/mol. The van der Waals surface area contributed by atoms with E-state index >= 15 is 0 Å². The first-order valence-corrected chi connectivity index (χ1v) is 8.98. The summed E-state index contributed by atoms with van der Waals surface area (Å²) < 4.78 is 20.8. The molecule has 7 heteroatoms. The van der Waals surface area contributed by atoms with Crippen molar-refractivity contribution in [3.05, 3.63) is 51.7 Å². The molecule has 0 radical (unpaired) electrons. The molecule has 0 spiro atoms. The number of halogens is 1. The summed E-state index contributed by atoms with van der Waals surface area (Å²) in [5, 5.41) is 0. The molecule has 0 amide bonds.